The normalized spacial score (nSPS) is 10.7. The van der Waals surface area contributed by atoms with Crippen LogP contribution in [0.15, 0.2) is 36.5 Å². The van der Waals surface area contributed by atoms with Gasteiger partial charge in [0.05, 0.1) is 6.20 Å². The van der Waals surface area contributed by atoms with Crippen LogP contribution in [0.1, 0.15) is 15.9 Å². The molecule has 116 valence electrons. The number of aromatic nitrogens is 3. The minimum absolute atomic E-state index is 0.334. The Morgan fingerprint density at radius 1 is 1.30 bits per heavy atom. The number of carbonyl (C=O) groups is 1. The van der Waals surface area contributed by atoms with Crippen LogP contribution in [0.4, 0.5) is 4.39 Å². The number of H-pyrrole nitrogens is 1. The summed E-state index contributed by atoms with van der Waals surface area (Å²) in [6.45, 7) is 1.84. The first kappa shape index (κ1) is 15.2. The van der Waals surface area contributed by atoms with Crippen LogP contribution in [-0.2, 0) is 0 Å². The Morgan fingerprint density at radius 2 is 2.09 bits per heavy atom. The Kier molecular flexibility index (Phi) is 3.83. The molecule has 1 aromatic carbocycles. The van der Waals surface area contributed by atoms with Gasteiger partial charge in [0.25, 0.3) is 0 Å². The Morgan fingerprint density at radius 3 is 2.70 bits per heavy atom. The van der Waals surface area contributed by atoms with E-state index in [4.69, 9.17) is 17.3 Å². The van der Waals surface area contributed by atoms with Crippen molar-refractivity contribution in [1.29, 1.82) is 0 Å². The molecule has 23 heavy (non-hydrogen) atoms. The van der Waals surface area contributed by atoms with E-state index in [0.717, 1.165) is 17.3 Å². The quantitative estimate of drug-likeness (QED) is 0.772. The van der Waals surface area contributed by atoms with Gasteiger partial charge in [0.15, 0.2) is 5.82 Å². The molecule has 0 aliphatic carbocycles. The third-order valence-corrected chi connectivity index (χ3v) is 3.67. The number of primary amides is 1. The summed E-state index contributed by atoms with van der Waals surface area (Å²) >= 11 is 6.22. The van der Waals surface area contributed by atoms with Gasteiger partial charge >= 0.3 is 0 Å². The first-order valence-electron chi connectivity index (χ1n) is 6.74. The molecule has 2 heterocycles. The lowest BCUT2D eigenvalue weighted by molar-refractivity contribution is 0.1000. The number of carbonyl (C=O) groups excluding carboxylic acids is 1. The summed E-state index contributed by atoms with van der Waals surface area (Å²) < 4.78 is 13.0. The summed E-state index contributed by atoms with van der Waals surface area (Å²) in [6, 6.07) is 7.84. The molecule has 3 rings (SSSR count). The molecule has 0 saturated carbocycles. The van der Waals surface area contributed by atoms with Gasteiger partial charge in [-0.3, -0.25) is 4.79 Å². The zero-order valence-electron chi connectivity index (χ0n) is 12.1. The number of imidazole rings is 1. The van der Waals surface area contributed by atoms with E-state index in [1.807, 2.05) is 6.92 Å². The Hall–Kier alpha value is -2.73. The van der Waals surface area contributed by atoms with Gasteiger partial charge in [-0.15, -0.1) is 0 Å². The third-order valence-electron chi connectivity index (χ3n) is 3.40. The zero-order valence-corrected chi connectivity index (χ0v) is 12.9. The minimum atomic E-state index is -0.496. The van der Waals surface area contributed by atoms with Gasteiger partial charge in [-0.1, -0.05) is 17.7 Å². The van der Waals surface area contributed by atoms with Crippen LogP contribution in [0, 0.1) is 12.7 Å². The first-order valence-corrected chi connectivity index (χ1v) is 7.12. The second-order valence-electron chi connectivity index (χ2n) is 5.00. The minimum Gasteiger partial charge on any atom is -0.366 e. The van der Waals surface area contributed by atoms with Crippen molar-refractivity contribution in [2.75, 3.05) is 0 Å². The summed E-state index contributed by atoms with van der Waals surface area (Å²) in [5.41, 5.74) is 8.27. The largest absolute Gasteiger partial charge is 0.366 e. The Bertz CT molecular complexity index is 890. The molecule has 2 aromatic heterocycles. The van der Waals surface area contributed by atoms with E-state index in [9.17, 15) is 9.18 Å². The molecule has 3 N–H and O–H groups in total. The maximum Gasteiger partial charge on any atom is 0.248 e. The molecule has 0 atom stereocenters. The van der Waals surface area contributed by atoms with Crippen LogP contribution >= 0.6 is 11.6 Å². The van der Waals surface area contributed by atoms with Crippen LogP contribution in [0.5, 0.6) is 0 Å². The van der Waals surface area contributed by atoms with Crippen LogP contribution in [0.3, 0.4) is 0 Å². The molecule has 3 aromatic rings. The lowest BCUT2D eigenvalue weighted by Crippen LogP contribution is -2.10. The average Bonchev–Trinajstić information content (AvgIpc) is 2.89. The number of pyridine rings is 1. The number of hydrogen-bond donors (Lipinski definition) is 2. The number of aromatic amines is 1. The predicted octanol–water partition coefficient (Wildman–Crippen LogP) is 3.34. The van der Waals surface area contributed by atoms with Crippen molar-refractivity contribution in [2.45, 2.75) is 6.92 Å². The molecule has 0 saturated heterocycles. The highest BCUT2D eigenvalue weighted by Crippen LogP contribution is 2.31. The second-order valence-corrected chi connectivity index (χ2v) is 5.38. The van der Waals surface area contributed by atoms with Gasteiger partial charge in [0, 0.05) is 11.1 Å². The van der Waals surface area contributed by atoms with Crippen molar-refractivity contribution < 1.29 is 9.18 Å². The number of nitrogens with one attached hydrogen (secondary N) is 1. The molecule has 0 aliphatic rings. The molecule has 0 spiro atoms. The van der Waals surface area contributed by atoms with Crippen molar-refractivity contribution >= 4 is 17.5 Å². The maximum atomic E-state index is 13.0. The van der Waals surface area contributed by atoms with Gasteiger partial charge in [-0.05, 0) is 36.8 Å². The summed E-state index contributed by atoms with van der Waals surface area (Å²) in [5, 5.41) is 0.334. The molecule has 0 unspecified atom stereocenters. The molecule has 0 aliphatic heterocycles. The van der Waals surface area contributed by atoms with E-state index in [2.05, 4.69) is 15.0 Å². The molecular formula is C16H12ClFN4O. The van der Waals surface area contributed by atoms with E-state index in [0.29, 0.717) is 27.9 Å². The number of aryl methyl sites for hydroxylation is 1. The Balaban J connectivity index is 2.04. The van der Waals surface area contributed by atoms with E-state index >= 15 is 0 Å². The third kappa shape index (κ3) is 2.93. The van der Waals surface area contributed by atoms with Crippen molar-refractivity contribution in [3.05, 3.63) is 58.6 Å². The summed E-state index contributed by atoms with van der Waals surface area (Å²) in [6.07, 6.45) is 1.11. The van der Waals surface area contributed by atoms with Crippen LogP contribution in [0.2, 0.25) is 5.15 Å². The number of rotatable bonds is 3. The first-order chi connectivity index (χ1) is 11.0. The van der Waals surface area contributed by atoms with E-state index < -0.39 is 11.7 Å². The zero-order chi connectivity index (χ0) is 16.6. The summed E-state index contributed by atoms with van der Waals surface area (Å²) in [4.78, 5) is 22.5. The van der Waals surface area contributed by atoms with Crippen molar-refractivity contribution in [3.8, 4) is 22.8 Å². The fourth-order valence-corrected chi connectivity index (χ4v) is 2.48. The number of halogens is 2. The lowest BCUT2D eigenvalue weighted by atomic mass is 10.0. The maximum absolute atomic E-state index is 13.0. The summed E-state index contributed by atoms with van der Waals surface area (Å²) in [5.74, 6) is -0.489. The fraction of sp³-hybridized carbons (Fsp3) is 0.0625. The van der Waals surface area contributed by atoms with Gasteiger partial charge in [-0.25, -0.2) is 14.4 Å². The van der Waals surface area contributed by atoms with Crippen molar-refractivity contribution in [1.82, 2.24) is 15.0 Å². The van der Waals surface area contributed by atoms with E-state index in [-0.39, 0.29) is 0 Å². The molecular weight excluding hydrogens is 319 g/mol. The molecule has 0 fully saturated rings. The van der Waals surface area contributed by atoms with Gasteiger partial charge in [-0.2, -0.15) is 0 Å². The van der Waals surface area contributed by atoms with Gasteiger partial charge < -0.3 is 10.7 Å². The molecule has 7 heteroatoms. The highest BCUT2D eigenvalue weighted by Gasteiger charge is 2.15. The van der Waals surface area contributed by atoms with Crippen LogP contribution in [0.25, 0.3) is 22.8 Å². The van der Waals surface area contributed by atoms with Crippen LogP contribution in [-0.4, -0.2) is 20.9 Å². The number of benzene rings is 1. The molecule has 0 radical (unpaired) electrons. The standard InChI is InChI=1S/C16H12ClFN4O/c1-8-6-9(15(19)23)2-4-11(8)13-14(17)22-16(21-13)12-5-3-10(18)7-20-12/h2-7H,1H3,(H2,19,23)(H,21,22). The second kappa shape index (κ2) is 5.81. The topological polar surface area (TPSA) is 84.7 Å². The highest BCUT2D eigenvalue weighted by atomic mass is 35.5. The SMILES string of the molecule is Cc1cc(C(N)=O)ccc1-c1nc(-c2ccc(F)cn2)[nH]c1Cl. The number of nitrogens with two attached hydrogens (primary N) is 1. The van der Waals surface area contributed by atoms with Gasteiger partial charge in [0.1, 0.15) is 22.4 Å². The molecule has 1 amide bonds. The van der Waals surface area contributed by atoms with E-state index in [1.165, 1.54) is 12.1 Å². The fourth-order valence-electron chi connectivity index (χ4n) is 2.25. The lowest BCUT2D eigenvalue weighted by Gasteiger charge is -2.05. The molecule has 0 bridgehead atoms. The predicted molar refractivity (Wildman–Crippen MR) is 85.5 cm³/mol. The average molecular weight is 331 g/mol. The van der Waals surface area contributed by atoms with Gasteiger partial charge in [0.2, 0.25) is 5.91 Å². The van der Waals surface area contributed by atoms with Crippen LogP contribution < -0.4 is 5.73 Å². The smallest absolute Gasteiger partial charge is 0.248 e. The number of hydrogen-bond acceptors (Lipinski definition) is 3. The molecule has 5 nitrogen and oxygen atoms in total. The monoisotopic (exact) mass is 330 g/mol. The number of amides is 1. The van der Waals surface area contributed by atoms with Crippen molar-refractivity contribution in [2.24, 2.45) is 5.73 Å². The summed E-state index contributed by atoms with van der Waals surface area (Å²) in [7, 11) is 0. The van der Waals surface area contributed by atoms with Crippen molar-refractivity contribution in [3.63, 3.8) is 0 Å². The highest BCUT2D eigenvalue weighted by molar-refractivity contribution is 6.32. The number of nitrogens with zero attached hydrogens (tertiary/aromatic N) is 2. The van der Waals surface area contributed by atoms with E-state index in [1.54, 1.807) is 18.2 Å². The Labute approximate surface area is 136 Å².